The Morgan fingerprint density at radius 3 is 2.51 bits per heavy atom. The van der Waals surface area contributed by atoms with Gasteiger partial charge in [-0.15, -0.1) is 0 Å². The standard InChI is InChI=1S/C24H31ClN8O.C2HF3O2/c1-3-19-21-22(30-29-19)26-15-27-23(21)32-11-12-33(18-6-4-5-16(25)13-18)20(14-32)24(34)28-17-7-9-31(2)10-8-17;3-2(4,5)1(6)7/h4-6,13,15,17,20H,3,7-12,14H2,1-2H3,(H,28,34)(H,26,27,29,30);(H,6,7). The van der Waals surface area contributed by atoms with Crippen LogP contribution >= 0.6 is 11.6 Å². The minimum Gasteiger partial charge on any atom is -0.475 e. The van der Waals surface area contributed by atoms with E-state index in [-0.39, 0.29) is 18.0 Å². The van der Waals surface area contributed by atoms with E-state index in [1.54, 1.807) is 6.33 Å². The molecule has 1 unspecified atom stereocenters. The zero-order valence-electron chi connectivity index (χ0n) is 22.7. The number of aryl methyl sites for hydroxylation is 1. The van der Waals surface area contributed by atoms with E-state index in [9.17, 15) is 18.0 Å². The molecule has 2 aromatic heterocycles. The van der Waals surface area contributed by atoms with Gasteiger partial charge in [-0.05, 0) is 57.6 Å². The number of carboxylic acids is 1. The molecule has 1 atom stereocenters. The quantitative estimate of drug-likeness (QED) is 0.407. The first kappa shape index (κ1) is 30.3. The van der Waals surface area contributed by atoms with Gasteiger partial charge < -0.3 is 25.1 Å². The predicted molar refractivity (Wildman–Crippen MR) is 148 cm³/mol. The molecule has 2 aliphatic heterocycles. The summed E-state index contributed by atoms with van der Waals surface area (Å²) < 4.78 is 31.7. The number of benzene rings is 1. The van der Waals surface area contributed by atoms with Gasteiger partial charge in [0.1, 0.15) is 18.2 Å². The SMILES string of the molecule is CCc1[nH]nc2ncnc(N3CCN(c4cccc(Cl)c4)C(C(=O)NC4CCN(C)CC4)C3)c12.O=C(O)C(F)(F)F. The van der Waals surface area contributed by atoms with Crippen molar-refractivity contribution in [3.63, 3.8) is 0 Å². The number of amides is 1. The second-order valence-electron chi connectivity index (χ2n) is 9.98. The van der Waals surface area contributed by atoms with Crippen LogP contribution in [0.25, 0.3) is 11.0 Å². The molecule has 15 heteroatoms. The number of hydrogen-bond acceptors (Lipinski definition) is 8. The van der Waals surface area contributed by atoms with Gasteiger partial charge in [0.25, 0.3) is 0 Å². The Kier molecular flexibility index (Phi) is 9.53. The highest BCUT2D eigenvalue weighted by Gasteiger charge is 2.38. The number of nitrogens with zero attached hydrogens (tertiary/aromatic N) is 6. The smallest absolute Gasteiger partial charge is 0.475 e. The number of piperidine rings is 1. The molecule has 2 aliphatic rings. The zero-order chi connectivity index (χ0) is 29.7. The molecule has 0 bridgehead atoms. The molecular formula is C26H32ClF3N8O3. The maximum absolute atomic E-state index is 13.7. The van der Waals surface area contributed by atoms with Crippen molar-refractivity contribution in [1.29, 1.82) is 0 Å². The van der Waals surface area contributed by atoms with Crippen molar-refractivity contribution in [3.05, 3.63) is 41.3 Å². The summed E-state index contributed by atoms with van der Waals surface area (Å²) in [4.78, 5) is 38.2. The second-order valence-corrected chi connectivity index (χ2v) is 10.4. The molecule has 41 heavy (non-hydrogen) atoms. The first-order valence-corrected chi connectivity index (χ1v) is 13.6. The highest BCUT2D eigenvalue weighted by atomic mass is 35.5. The third-order valence-corrected chi connectivity index (χ3v) is 7.42. The monoisotopic (exact) mass is 596 g/mol. The van der Waals surface area contributed by atoms with E-state index < -0.39 is 12.1 Å². The van der Waals surface area contributed by atoms with E-state index in [0.717, 1.165) is 61.5 Å². The number of halogens is 4. The van der Waals surface area contributed by atoms with Gasteiger partial charge in [-0.25, -0.2) is 14.8 Å². The normalized spacial score (nSPS) is 18.6. The molecule has 0 saturated carbocycles. The number of H-pyrrole nitrogens is 1. The summed E-state index contributed by atoms with van der Waals surface area (Å²) >= 11 is 6.30. The minimum absolute atomic E-state index is 0.0486. The number of piperazine rings is 1. The lowest BCUT2D eigenvalue weighted by atomic mass is 10.0. The fourth-order valence-electron chi connectivity index (χ4n) is 5.01. The average Bonchev–Trinajstić information content (AvgIpc) is 3.37. The Morgan fingerprint density at radius 1 is 1.17 bits per heavy atom. The topological polar surface area (TPSA) is 131 Å². The van der Waals surface area contributed by atoms with E-state index in [4.69, 9.17) is 21.5 Å². The summed E-state index contributed by atoms with van der Waals surface area (Å²) in [6.45, 7) is 6.00. The van der Waals surface area contributed by atoms with Gasteiger partial charge in [0.05, 0.1) is 5.39 Å². The van der Waals surface area contributed by atoms with Gasteiger partial charge in [-0.1, -0.05) is 24.6 Å². The second kappa shape index (κ2) is 12.9. The Labute approximate surface area is 239 Å². The van der Waals surface area contributed by atoms with E-state index in [1.165, 1.54) is 0 Å². The van der Waals surface area contributed by atoms with E-state index >= 15 is 0 Å². The van der Waals surface area contributed by atoms with Gasteiger partial charge in [-0.3, -0.25) is 9.89 Å². The lowest BCUT2D eigenvalue weighted by molar-refractivity contribution is -0.192. The van der Waals surface area contributed by atoms with Crippen LogP contribution in [0.3, 0.4) is 0 Å². The number of anilines is 2. The maximum atomic E-state index is 13.7. The molecule has 11 nitrogen and oxygen atoms in total. The van der Waals surface area contributed by atoms with Gasteiger partial charge in [-0.2, -0.15) is 18.3 Å². The number of rotatable bonds is 5. The van der Waals surface area contributed by atoms with Crippen LogP contribution in [0.1, 0.15) is 25.5 Å². The Balaban J connectivity index is 0.000000493. The fourth-order valence-corrected chi connectivity index (χ4v) is 5.19. The summed E-state index contributed by atoms with van der Waals surface area (Å²) in [6.07, 6.45) is -0.789. The number of aromatic amines is 1. The predicted octanol–water partition coefficient (Wildman–Crippen LogP) is 3.11. The first-order valence-electron chi connectivity index (χ1n) is 13.2. The van der Waals surface area contributed by atoms with Crippen molar-refractivity contribution in [2.24, 2.45) is 0 Å². The molecule has 2 fully saturated rings. The maximum Gasteiger partial charge on any atom is 0.490 e. The largest absolute Gasteiger partial charge is 0.490 e. The summed E-state index contributed by atoms with van der Waals surface area (Å²) in [5.74, 6) is -1.88. The Bertz CT molecular complexity index is 1360. The van der Waals surface area contributed by atoms with Gasteiger partial charge >= 0.3 is 12.1 Å². The molecular weight excluding hydrogens is 565 g/mol. The summed E-state index contributed by atoms with van der Waals surface area (Å²) in [5, 5.41) is 19.5. The number of aromatic nitrogens is 4. The highest BCUT2D eigenvalue weighted by molar-refractivity contribution is 6.30. The van der Waals surface area contributed by atoms with Crippen LogP contribution in [0, 0.1) is 0 Å². The lowest BCUT2D eigenvalue weighted by Gasteiger charge is -2.43. The molecule has 5 rings (SSSR count). The number of aliphatic carboxylic acids is 1. The summed E-state index contributed by atoms with van der Waals surface area (Å²) in [6, 6.07) is 7.58. The number of carboxylic acid groups (broad SMARTS) is 1. The number of hydrogen-bond donors (Lipinski definition) is 3. The number of alkyl halides is 3. The molecule has 3 aromatic rings. The number of carbonyl (C=O) groups excluding carboxylic acids is 1. The number of carbonyl (C=O) groups is 2. The molecule has 0 spiro atoms. The first-order chi connectivity index (χ1) is 19.5. The minimum atomic E-state index is -5.08. The van der Waals surface area contributed by atoms with Crippen molar-refractivity contribution < 1.29 is 27.9 Å². The molecule has 1 aromatic carbocycles. The van der Waals surface area contributed by atoms with Crippen LogP contribution in [0.5, 0.6) is 0 Å². The molecule has 4 heterocycles. The van der Waals surface area contributed by atoms with Crippen LogP contribution in [-0.2, 0) is 16.0 Å². The van der Waals surface area contributed by atoms with Crippen molar-refractivity contribution in [2.45, 2.75) is 44.4 Å². The van der Waals surface area contributed by atoms with Crippen molar-refractivity contribution >= 4 is 46.0 Å². The van der Waals surface area contributed by atoms with Gasteiger partial charge in [0, 0.05) is 42.1 Å². The number of fused-ring (bicyclic) bond motifs is 1. The summed E-state index contributed by atoms with van der Waals surface area (Å²) in [7, 11) is 2.13. The molecule has 0 aliphatic carbocycles. The average molecular weight is 597 g/mol. The summed E-state index contributed by atoms with van der Waals surface area (Å²) in [5.41, 5.74) is 2.63. The van der Waals surface area contributed by atoms with E-state index in [2.05, 4.69) is 54.2 Å². The van der Waals surface area contributed by atoms with Crippen LogP contribution in [-0.4, -0.2) is 100 Å². The molecule has 222 valence electrons. The highest BCUT2D eigenvalue weighted by Crippen LogP contribution is 2.30. The Hall–Kier alpha value is -3.65. The Morgan fingerprint density at radius 2 is 1.88 bits per heavy atom. The number of nitrogens with one attached hydrogen (secondary N) is 2. The van der Waals surface area contributed by atoms with Crippen LogP contribution in [0.15, 0.2) is 30.6 Å². The zero-order valence-corrected chi connectivity index (χ0v) is 23.4. The van der Waals surface area contributed by atoms with E-state index in [1.807, 2.05) is 24.3 Å². The number of likely N-dealkylation sites (tertiary alicyclic amines) is 1. The molecule has 0 radical (unpaired) electrons. The van der Waals surface area contributed by atoms with Gasteiger partial charge in [0.2, 0.25) is 5.91 Å². The fraction of sp³-hybridized carbons (Fsp3) is 0.500. The van der Waals surface area contributed by atoms with Crippen LogP contribution in [0.2, 0.25) is 5.02 Å². The van der Waals surface area contributed by atoms with Crippen molar-refractivity contribution in [2.75, 3.05) is 49.6 Å². The molecule has 3 N–H and O–H groups in total. The van der Waals surface area contributed by atoms with Crippen molar-refractivity contribution in [1.82, 2.24) is 30.4 Å². The third kappa shape index (κ3) is 7.36. The lowest BCUT2D eigenvalue weighted by Crippen LogP contribution is -2.61. The van der Waals surface area contributed by atoms with Crippen LogP contribution in [0.4, 0.5) is 24.7 Å². The van der Waals surface area contributed by atoms with Crippen LogP contribution < -0.4 is 15.1 Å². The van der Waals surface area contributed by atoms with Gasteiger partial charge in [0.15, 0.2) is 5.65 Å². The molecule has 2 saturated heterocycles. The van der Waals surface area contributed by atoms with E-state index in [0.29, 0.717) is 23.8 Å². The van der Waals surface area contributed by atoms with Crippen molar-refractivity contribution in [3.8, 4) is 0 Å². The molecule has 1 amide bonds. The third-order valence-electron chi connectivity index (χ3n) is 7.19.